The van der Waals surface area contributed by atoms with Crippen LogP contribution in [0, 0.1) is 0 Å². The minimum atomic E-state index is -1.60. The van der Waals surface area contributed by atoms with Crippen molar-refractivity contribution in [1.29, 1.82) is 0 Å². The summed E-state index contributed by atoms with van der Waals surface area (Å²) in [6.07, 6.45) is 0. The summed E-state index contributed by atoms with van der Waals surface area (Å²) < 4.78 is -1.60. The highest BCUT2D eigenvalue weighted by atomic mass is 35.6. The minimum Gasteiger partial charge on any atom is -0.236 e. The van der Waals surface area contributed by atoms with E-state index in [0.29, 0.717) is 22.0 Å². The van der Waals surface area contributed by atoms with Crippen LogP contribution in [0.25, 0.3) is 10.9 Å². The molecule has 2 rings (SSSR count). The van der Waals surface area contributed by atoms with E-state index < -0.39 is 8.63 Å². The van der Waals surface area contributed by atoms with Crippen LogP contribution in [-0.4, -0.2) is 4.98 Å². The Morgan fingerprint density at radius 2 is 1.78 bits per heavy atom. The Kier molecular flexibility index (Phi) is 4.43. The molecule has 0 saturated heterocycles. The molecule has 0 radical (unpaired) electrons. The molecule has 1 aromatic carbocycles. The van der Waals surface area contributed by atoms with Gasteiger partial charge in [-0.25, -0.2) is 4.98 Å². The fraction of sp³-hybridized carbons (Fsp3) is 0.182. The number of nitrogens with zero attached hydrogens (tertiary/aromatic N) is 1. The van der Waals surface area contributed by atoms with Gasteiger partial charge in [-0.2, -0.15) is 0 Å². The van der Waals surface area contributed by atoms with Crippen molar-refractivity contribution in [3.63, 3.8) is 0 Å². The van der Waals surface area contributed by atoms with Gasteiger partial charge >= 0.3 is 0 Å². The molecule has 0 aliphatic carbocycles. The van der Waals surface area contributed by atoms with Crippen molar-refractivity contribution in [2.75, 3.05) is 0 Å². The molecule has 1 aromatic heterocycles. The molecule has 0 atom stereocenters. The van der Waals surface area contributed by atoms with Gasteiger partial charge in [0.25, 0.3) is 0 Å². The quantitative estimate of drug-likeness (QED) is 0.434. The maximum Gasteiger partial charge on any atom is 0.216 e. The Morgan fingerprint density at radius 1 is 1.11 bits per heavy atom. The van der Waals surface area contributed by atoms with Crippen molar-refractivity contribution in [2.45, 2.75) is 8.63 Å². The van der Waals surface area contributed by atoms with Gasteiger partial charge in [0.05, 0.1) is 5.52 Å². The molecule has 0 spiro atoms. The zero-order valence-corrected chi connectivity index (χ0v) is 13.1. The highest BCUT2D eigenvalue weighted by Crippen LogP contribution is 2.43. The number of alkyl halides is 5. The van der Waals surface area contributed by atoms with E-state index in [4.69, 9.17) is 69.6 Å². The highest BCUT2D eigenvalue weighted by molar-refractivity contribution is 6.67. The van der Waals surface area contributed by atoms with Crippen LogP contribution >= 0.6 is 69.6 Å². The number of rotatable bonds is 1. The second kappa shape index (κ2) is 5.40. The third-order valence-corrected chi connectivity index (χ3v) is 3.65. The molecule has 96 valence electrons. The zero-order valence-electron chi connectivity index (χ0n) is 8.60. The van der Waals surface area contributed by atoms with E-state index in [2.05, 4.69) is 4.98 Å². The van der Waals surface area contributed by atoms with Crippen molar-refractivity contribution in [3.05, 3.63) is 40.5 Å². The lowest BCUT2D eigenvalue weighted by molar-refractivity contribution is 1.23. The van der Waals surface area contributed by atoms with E-state index >= 15 is 0 Å². The van der Waals surface area contributed by atoms with E-state index in [1.807, 2.05) is 0 Å². The van der Waals surface area contributed by atoms with E-state index in [-0.39, 0.29) is 5.15 Å². The number of pyridine rings is 1. The molecule has 0 amide bonds. The predicted molar refractivity (Wildman–Crippen MR) is 80.4 cm³/mol. The fourth-order valence-electron chi connectivity index (χ4n) is 1.65. The van der Waals surface area contributed by atoms with Gasteiger partial charge in [-0.1, -0.05) is 87.8 Å². The number of fused-ring (bicyclic) bond motifs is 1. The summed E-state index contributed by atoms with van der Waals surface area (Å²) in [5.41, 5.74) is 1.59. The van der Waals surface area contributed by atoms with Crippen LogP contribution in [0.5, 0.6) is 0 Å². The maximum atomic E-state index is 5.93. The molecule has 0 N–H and O–H groups in total. The molecule has 1 nitrogen and oxygen atoms in total. The standard InChI is InChI=1S/C11H5Cl6N/c12-8-4-7(11(15,16)17)5-2-1-3-6(10(13)14)9(5)18-8/h1-4,10H. The largest absolute Gasteiger partial charge is 0.236 e. The van der Waals surface area contributed by atoms with Crippen LogP contribution in [0.1, 0.15) is 16.0 Å². The molecule has 0 fully saturated rings. The van der Waals surface area contributed by atoms with E-state index in [0.717, 1.165) is 0 Å². The Morgan fingerprint density at radius 3 is 2.33 bits per heavy atom. The molecule has 0 bridgehead atoms. The molecule has 1 heterocycles. The SMILES string of the molecule is Clc1cc(C(Cl)(Cl)Cl)c2cccc(C(Cl)Cl)c2n1. The van der Waals surface area contributed by atoms with E-state index in [1.165, 1.54) is 6.07 Å². The lowest BCUT2D eigenvalue weighted by Crippen LogP contribution is -2.03. The summed E-state index contributed by atoms with van der Waals surface area (Å²) in [5, 5.41) is 0.869. The second-order valence-electron chi connectivity index (χ2n) is 3.53. The first-order valence-electron chi connectivity index (χ1n) is 4.75. The smallest absolute Gasteiger partial charge is 0.216 e. The molecule has 7 heteroatoms. The Bertz CT molecular complexity index is 590. The van der Waals surface area contributed by atoms with Crippen molar-refractivity contribution >= 4 is 80.5 Å². The van der Waals surface area contributed by atoms with Gasteiger partial charge in [0.2, 0.25) is 3.79 Å². The molecular formula is C11H5Cl6N. The van der Waals surface area contributed by atoms with Crippen LogP contribution < -0.4 is 0 Å². The normalized spacial score (nSPS) is 12.4. The first kappa shape index (κ1) is 14.8. The summed E-state index contributed by atoms with van der Waals surface area (Å²) in [5.74, 6) is 0. The van der Waals surface area contributed by atoms with Gasteiger partial charge in [0, 0.05) is 16.5 Å². The van der Waals surface area contributed by atoms with Crippen molar-refractivity contribution < 1.29 is 0 Å². The molecular weight excluding hydrogens is 359 g/mol. The van der Waals surface area contributed by atoms with Crippen LogP contribution in [0.3, 0.4) is 0 Å². The van der Waals surface area contributed by atoms with Gasteiger partial charge in [-0.05, 0) is 6.07 Å². The summed E-state index contributed by atoms with van der Waals surface area (Å²) in [6.45, 7) is 0. The first-order chi connectivity index (χ1) is 8.30. The topological polar surface area (TPSA) is 12.9 Å². The average molecular weight is 364 g/mol. The van der Waals surface area contributed by atoms with Crippen molar-refractivity contribution in [2.24, 2.45) is 0 Å². The monoisotopic (exact) mass is 361 g/mol. The van der Waals surface area contributed by atoms with Crippen molar-refractivity contribution in [1.82, 2.24) is 4.98 Å². The number of halogens is 6. The molecule has 0 aliphatic rings. The van der Waals surface area contributed by atoms with Gasteiger partial charge in [0.15, 0.2) is 0 Å². The maximum absolute atomic E-state index is 5.93. The van der Waals surface area contributed by atoms with Crippen LogP contribution in [-0.2, 0) is 3.79 Å². The van der Waals surface area contributed by atoms with Gasteiger partial charge in [-0.15, -0.1) is 0 Å². The summed E-state index contributed by atoms with van der Waals surface area (Å²) in [6, 6.07) is 6.80. The van der Waals surface area contributed by atoms with Gasteiger partial charge < -0.3 is 0 Å². The first-order valence-corrected chi connectivity index (χ1v) is 7.13. The molecule has 0 saturated carbocycles. The summed E-state index contributed by atoms with van der Waals surface area (Å²) in [7, 11) is 0. The second-order valence-corrected chi connectivity index (χ2v) is 7.30. The number of hydrogen-bond donors (Lipinski definition) is 0. The fourth-order valence-corrected chi connectivity index (χ4v) is 2.66. The third-order valence-electron chi connectivity index (χ3n) is 2.38. The molecule has 0 aliphatic heterocycles. The van der Waals surface area contributed by atoms with E-state index in [1.54, 1.807) is 18.2 Å². The lowest BCUT2D eigenvalue weighted by Gasteiger charge is -2.16. The molecule has 18 heavy (non-hydrogen) atoms. The van der Waals surface area contributed by atoms with Gasteiger partial charge in [0.1, 0.15) is 9.99 Å². The van der Waals surface area contributed by atoms with Crippen molar-refractivity contribution in [3.8, 4) is 0 Å². The highest BCUT2D eigenvalue weighted by Gasteiger charge is 2.27. The predicted octanol–water partition coefficient (Wildman–Crippen LogP) is 6.19. The average Bonchev–Trinajstić information content (AvgIpc) is 2.25. The van der Waals surface area contributed by atoms with Gasteiger partial charge in [-0.3, -0.25) is 0 Å². The Hall–Kier alpha value is 0.370. The lowest BCUT2D eigenvalue weighted by atomic mass is 10.1. The summed E-state index contributed by atoms with van der Waals surface area (Å²) in [4.78, 5) is 3.46. The zero-order chi connectivity index (χ0) is 13.5. The molecule has 2 aromatic rings. The van der Waals surface area contributed by atoms with Crippen LogP contribution in [0.4, 0.5) is 0 Å². The molecule has 0 unspecified atom stereocenters. The number of para-hydroxylation sites is 1. The Labute approximate surface area is 134 Å². The number of hydrogen-bond acceptors (Lipinski definition) is 1. The number of aromatic nitrogens is 1. The minimum absolute atomic E-state index is 0.213. The number of benzene rings is 1. The van der Waals surface area contributed by atoms with Crippen LogP contribution in [0.2, 0.25) is 5.15 Å². The van der Waals surface area contributed by atoms with E-state index in [9.17, 15) is 0 Å². The Balaban J connectivity index is 2.87. The third kappa shape index (κ3) is 2.92. The summed E-state index contributed by atoms with van der Waals surface area (Å²) >= 11 is 35.5. The van der Waals surface area contributed by atoms with Crippen LogP contribution in [0.15, 0.2) is 24.3 Å².